The molecule has 0 aliphatic heterocycles. The normalized spacial score (nSPS) is 14.1. The summed E-state index contributed by atoms with van der Waals surface area (Å²) >= 11 is 0. The first-order valence-corrected chi connectivity index (χ1v) is 5.25. The van der Waals surface area contributed by atoms with E-state index in [1.807, 2.05) is 0 Å². The standard InChI is InChI=1S/C12H17NO4/c1-7-4-3-5-8(11(7)13)12(16)9(14)6-10(15)17-2/h3-5,9,12,14,16H,6,13H2,1-2H3. The fourth-order valence-corrected chi connectivity index (χ4v) is 1.53. The zero-order chi connectivity index (χ0) is 13.0. The molecule has 2 atom stereocenters. The van der Waals surface area contributed by atoms with Crippen LogP contribution in [0.15, 0.2) is 18.2 Å². The second-order valence-electron chi connectivity index (χ2n) is 3.87. The minimum Gasteiger partial charge on any atom is -0.469 e. The van der Waals surface area contributed by atoms with E-state index in [9.17, 15) is 15.0 Å². The van der Waals surface area contributed by atoms with Crippen molar-refractivity contribution >= 4 is 11.7 Å². The quantitative estimate of drug-likeness (QED) is 0.526. The molecule has 0 aliphatic carbocycles. The smallest absolute Gasteiger partial charge is 0.308 e. The van der Waals surface area contributed by atoms with Gasteiger partial charge in [0.05, 0.1) is 19.6 Å². The van der Waals surface area contributed by atoms with Crippen LogP contribution in [0.1, 0.15) is 23.7 Å². The molecule has 1 rings (SSSR count). The van der Waals surface area contributed by atoms with Gasteiger partial charge in [0.25, 0.3) is 0 Å². The first-order valence-electron chi connectivity index (χ1n) is 5.25. The van der Waals surface area contributed by atoms with E-state index in [-0.39, 0.29) is 6.42 Å². The number of esters is 1. The number of aliphatic hydroxyl groups excluding tert-OH is 2. The Balaban J connectivity index is 2.85. The molecule has 5 heteroatoms. The molecule has 0 saturated carbocycles. The van der Waals surface area contributed by atoms with E-state index in [1.165, 1.54) is 7.11 Å². The zero-order valence-electron chi connectivity index (χ0n) is 9.88. The van der Waals surface area contributed by atoms with Crippen molar-refractivity contribution in [1.82, 2.24) is 0 Å². The summed E-state index contributed by atoms with van der Waals surface area (Å²) in [5.41, 5.74) is 7.45. The molecular formula is C12H17NO4. The highest BCUT2D eigenvalue weighted by atomic mass is 16.5. The number of rotatable bonds is 4. The number of nitrogens with two attached hydrogens (primary N) is 1. The van der Waals surface area contributed by atoms with Crippen molar-refractivity contribution in [2.45, 2.75) is 25.6 Å². The number of aliphatic hydroxyl groups is 2. The highest BCUT2D eigenvalue weighted by Crippen LogP contribution is 2.26. The highest BCUT2D eigenvalue weighted by molar-refractivity contribution is 5.70. The number of ether oxygens (including phenoxy) is 1. The van der Waals surface area contributed by atoms with E-state index < -0.39 is 18.2 Å². The van der Waals surface area contributed by atoms with Crippen molar-refractivity contribution in [2.75, 3.05) is 12.8 Å². The van der Waals surface area contributed by atoms with Crippen LogP contribution >= 0.6 is 0 Å². The molecule has 5 nitrogen and oxygen atoms in total. The molecular weight excluding hydrogens is 222 g/mol. The van der Waals surface area contributed by atoms with Gasteiger partial charge in [0.1, 0.15) is 6.10 Å². The molecule has 0 bridgehead atoms. The van der Waals surface area contributed by atoms with E-state index in [0.29, 0.717) is 11.3 Å². The third-order valence-corrected chi connectivity index (χ3v) is 2.64. The third kappa shape index (κ3) is 3.18. The van der Waals surface area contributed by atoms with Crippen molar-refractivity contribution in [3.63, 3.8) is 0 Å². The lowest BCUT2D eigenvalue weighted by Crippen LogP contribution is -2.23. The van der Waals surface area contributed by atoms with E-state index in [4.69, 9.17) is 5.73 Å². The van der Waals surface area contributed by atoms with Crippen LogP contribution in [0.4, 0.5) is 5.69 Å². The summed E-state index contributed by atoms with van der Waals surface area (Å²) in [5, 5.41) is 19.6. The molecule has 0 heterocycles. The topological polar surface area (TPSA) is 92.8 Å². The molecule has 0 fully saturated rings. The minimum absolute atomic E-state index is 0.273. The second kappa shape index (κ2) is 5.65. The number of methoxy groups -OCH3 is 1. The Morgan fingerprint density at radius 2 is 2.12 bits per heavy atom. The van der Waals surface area contributed by atoms with Gasteiger partial charge in [0.2, 0.25) is 0 Å². The summed E-state index contributed by atoms with van der Waals surface area (Å²) < 4.78 is 4.42. The van der Waals surface area contributed by atoms with Crippen molar-refractivity contribution in [3.05, 3.63) is 29.3 Å². The Bertz CT molecular complexity index is 405. The number of hydrogen-bond donors (Lipinski definition) is 3. The van der Waals surface area contributed by atoms with Gasteiger partial charge in [-0.3, -0.25) is 4.79 Å². The van der Waals surface area contributed by atoms with Crippen LogP contribution in [-0.2, 0) is 9.53 Å². The Kier molecular flexibility index (Phi) is 4.48. The molecule has 0 saturated heterocycles. The van der Waals surface area contributed by atoms with Crippen molar-refractivity contribution < 1.29 is 19.7 Å². The maximum atomic E-state index is 11.0. The largest absolute Gasteiger partial charge is 0.469 e. The number of anilines is 1. The number of carbonyl (C=O) groups excluding carboxylic acids is 1. The molecule has 17 heavy (non-hydrogen) atoms. The summed E-state index contributed by atoms with van der Waals surface area (Å²) in [6.07, 6.45) is -2.70. The van der Waals surface area contributed by atoms with Crippen molar-refractivity contribution in [3.8, 4) is 0 Å². The molecule has 1 aromatic carbocycles. The first kappa shape index (κ1) is 13.5. The van der Waals surface area contributed by atoms with Gasteiger partial charge < -0.3 is 20.7 Å². The van der Waals surface area contributed by atoms with Crippen LogP contribution < -0.4 is 5.73 Å². The van der Waals surface area contributed by atoms with E-state index in [0.717, 1.165) is 5.56 Å². The summed E-state index contributed by atoms with van der Waals surface area (Å²) in [5.74, 6) is -0.581. The molecule has 0 spiro atoms. The van der Waals surface area contributed by atoms with Crippen molar-refractivity contribution in [2.24, 2.45) is 0 Å². The number of nitrogen functional groups attached to an aromatic ring is 1. The molecule has 1 aromatic rings. The molecule has 4 N–H and O–H groups in total. The molecule has 94 valence electrons. The van der Waals surface area contributed by atoms with E-state index in [2.05, 4.69) is 4.74 Å². The zero-order valence-corrected chi connectivity index (χ0v) is 9.88. The van der Waals surface area contributed by atoms with Gasteiger partial charge >= 0.3 is 5.97 Å². The molecule has 0 amide bonds. The van der Waals surface area contributed by atoms with Crippen LogP contribution in [0.25, 0.3) is 0 Å². The van der Waals surface area contributed by atoms with Gasteiger partial charge in [-0.05, 0) is 12.5 Å². The Hall–Kier alpha value is -1.59. The number of hydrogen-bond acceptors (Lipinski definition) is 5. The first-order chi connectivity index (χ1) is 7.97. The lowest BCUT2D eigenvalue weighted by Gasteiger charge is -2.19. The molecule has 0 radical (unpaired) electrons. The SMILES string of the molecule is COC(=O)CC(O)C(O)c1cccc(C)c1N. The maximum Gasteiger partial charge on any atom is 0.308 e. The van der Waals surface area contributed by atoms with E-state index in [1.54, 1.807) is 25.1 Å². The van der Waals surface area contributed by atoms with Gasteiger partial charge in [-0.25, -0.2) is 0 Å². The number of carbonyl (C=O) groups is 1. The Morgan fingerprint density at radius 3 is 2.71 bits per heavy atom. The maximum absolute atomic E-state index is 11.0. The Morgan fingerprint density at radius 1 is 1.47 bits per heavy atom. The molecule has 2 unspecified atom stereocenters. The van der Waals surface area contributed by atoms with Crippen LogP contribution in [0, 0.1) is 6.92 Å². The lowest BCUT2D eigenvalue weighted by molar-refractivity contribution is -0.144. The number of para-hydroxylation sites is 1. The highest BCUT2D eigenvalue weighted by Gasteiger charge is 2.23. The average Bonchev–Trinajstić information content (AvgIpc) is 2.31. The number of aryl methyl sites for hydroxylation is 1. The van der Waals surface area contributed by atoms with Crippen LogP contribution in [-0.4, -0.2) is 29.4 Å². The van der Waals surface area contributed by atoms with Crippen molar-refractivity contribution in [1.29, 1.82) is 0 Å². The summed E-state index contributed by atoms with van der Waals surface area (Å²) in [4.78, 5) is 11.0. The predicted molar refractivity (Wildman–Crippen MR) is 63.2 cm³/mol. The van der Waals surface area contributed by atoms with Crippen LogP contribution in [0.2, 0.25) is 0 Å². The Labute approximate surface area is 99.8 Å². The molecule has 0 aromatic heterocycles. The summed E-state index contributed by atoms with van der Waals surface area (Å²) in [6, 6.07) is 5.15. The number of benzene rings is 1. The monoisotopic (exact) mass is 239 g/mol. The van der Waals surface area contributed by atoms with Gasteiger partial charge in [0.15, 0.2) is 0 Å². The summed E-state index contributed by atoms with van der Waals surface area (Å²) in [7, 11) is 1.22. The van der Waals surface area contributed by atoms with Crippen LogP contribution in [0.3, 0.4) is 0 Å². The lowest BCUT2D eigenvalue weighted by atomic mass is 9.98. The summed E-state index contributed by atoms with van der Waals surface area (Å²) in [6.45, 7) is 1.80. The van der Waals surface area contributed by atoms with Gasteiger partial charge in [-0.15, -0.1) is 0 Å². The van der Waals surface area contributed by atoms with Gasteiger partial charge in [-0.2, -0.15) is 0 Å². The third-order valence-electron chi connectivity index (χ3n) is 2.64. The predicted octanol–water partition coefficient (Wildman–Crippen LogP) is 0.535. The van der Waals surface area contributed by atoms with Gasteiger partial charge in [-0.1, -0.05) is 18.2 Å². The molecule has 0 aliphatic rings. The average molecular weight is 239 g/mol. The second-order valence-corrected chi connectivity index (χ2v) is 3.87. The van der Waals surface area contributed by atoms with E-state index >= 15 is 0 Å². The van der Waals surface area contributed by atoms with Crippen LogP contribution in [0.5, 0.6) is 0 Å². The fraction of sp³-hybridized carbons (Fsp3) is 0.417. The van der Waals surface area contributed by atoms with Gasteiger partial charge in [0, 0.05) is 11.3 Å². The fourth-order valence-electron chi connectivity index (χ4n) is 1.53. The minimum atomic E-state index is -1.23.